The number of benzene rings is 2. The van der Waals surface area contributed by atoms with Crippen molar-refractivity contribution in [1.29, 1.82) is 0 Å². The molecule has 0 aliphatic carbocycles. The Bertz CT molecular complexity index is 1000. The van der Waals surface area contributed by atoms with Crippen molar-refractivity contribution in [2.45, 2.75) is 26.1 Å². The lowest BCUT2D eigenvalue weighted by atomic mass is 9.99. The molecule has 2 heterocycles. The van der Waals surface area contributed by atoms with E-state index in [1.54, 1.807) is 26.7 Å². The van der Waals surface area contributed by atoms with Gasteiger partial charge in [-0.2, -0.15) is 0 Å². The fourth-order valence-corrected chi connectivity index (χ4v) is 3.70. The van der Waals surface area contributed by atoms with E-state index in [-0.39, 0.29) is 6.03 Å². The number of nitrogens with one attached hydrogen (secondary N) is 1. The Morgan fingerprint density at radius 3 is 2.43 bits per heavy atom. The van der Waals surface area contributed by atoms with Gasteiger partial charge in [-0.25, -0.2) is 9.78 Å². The average molecular weight is 406 g/mol. The van der Waals surface area contributed by atoms with Gasteiger partial charge < -0.3 is 24.3 Å². The second-order valence-electron chi connectivity index (χ2n) is 7.36. The first-order chi connectivity index (χ1) is 14.7. The van der Waals surface area contributed by atoms with E-state index < -0.39 is 0 Å². The van der Waals surface area contributed by atoms with Crippen LogP contribution in [0.3, 0.4) is 0 Å². The number of rotatable bonds is 6. The number of hydrogen-bond donors (Lipinski definition) is 1. The van der Waals surface area contributed by atoms with E-state index in [9.17, 15) is 4.79 Å². The van der Waals surface area contributed by atoms with Crippen LogP contribution in [0.4, 0.5) is 4.79 Å². The predicted octanol–water partition coefficient (Wildman–Crippen LogP) is 3.22. The zero-order chi connectivity index (χ0) is 20.9. The molecule has 3 aromatic rings. The van der Waals surface area contributed by atoms with Crippen LogP contribution in [-0.2, 0) is 26.1 Å². The van der Waals surface area contributed by atoms with Gasteiger partial charge in [0.2, 0.25) is 0 Å². The van der Waals surface area contributed by atoms with E-state index in [1.165, 1.54) is 11.1 Å². The molecule has 1 aliphatic heterocycles. The summed E-state index contributed by atoms with van der Waals surface area (Å²) >= 11 is 0. The Morgan fingerprint density at radius 1 is 1.07 bits per heavy atom. The molecular formula is C23H26N4O3. The van der Waals surface area contributed by atoms with Crippen molar-refractivity contribution < 1.29 is 14.3 Å². The summed E-state index contributed by atoms with van der Waals surface area (Å²) in [5.74, 6) is 1.42. The van der Waals surface area contributed by atoms with Gasteiger partial charge in [0.1, 0.15) is 0 Å². The summed E-state index contributed by atoms with van der Waals surface area (Å²) in [5.41, 5.74) is 4.56. The second-order valence-corrected chi connectivity index (χ2v) is 7.36. The lowest BCUT2D eigenvalue weighted by molar-refractivity contribution is 0.191. The molecule has 0 spiro atoms. The number of aromatic nitrogens is 2. The lowest BCUT2D eigenvalue weighted by Gasteiger charge is -2.29. The van der Waals surface area contributed by atoms with E-state index in [2.05, 4.69) is 34.6 Å². The largest absolute Gasteiger partial charge is 0.493 e. The smallest absolute Gasteiger partial charge is 0.317 e. The SMILES string of the molecule is COc1cc2c(cc1OC)CN(C(=O)NCc1ccc(Cn3ccnc3)cc1)CC2. The van der Waals surface area contributed by atoms with E-state index >= 15 is 0 Å². The third-order valence-corrected chi connectivity index (χ3v) is 5.40. The summed E-state index contributed by atoms with van der Waals surface area (Å²) in [7, 11) is 3.26. The number of amides is 2. The van der Waals surface area contributed by atoms with Gasteiger partial charge in [0.15, 0.2) is 11.5 Å². The Balaban J connectivity index is 1.33. The first-order valence-electron chi connectivity index (χ1n) is 9.96. The highest BCUT2D eigenvalue weighted by Gasteiger charge is 2.22. The van der Waals surface area contributed by atoms with E-state index in [4.69, 9.17) is 9.47 Å². The number of urea groups is 1. The molecule has 7 nitrogen and oxygen atoms in total. The van der Waals surface area contributed by atoms with Gasteiger partial charge in [-0.05, 0) is 40.8 Å². The third kappa shape index (κ3) is 4.40. The Labute approximate surface area is 176 Å². The van der Waals surface area contributed by atoms with Crippen molar-refractivity contribution in [3.05, 3.63) is 77.4 Å². The number of carbonyl (C=O) groups excluding carboxylic acids is 1. The highest BCUT2D eigenvalue weighted by atomic mass is 16.5. The number of carbonyl (C=O) groups is 1. The van der Waals surface area contributed by atoms with Crippen LogP contribution in [-0.4, -0.2) is 41.2 Å². The van der Waals surface area contributed by atoms with Crippen LogP contribution in [0.1, 0.15) is 22.3 Å². The molecule has 7 heteroatoms. The highest BCUT2D eigenvalue weighted by Crippen LogP contribution is 2.33. The van der Waals surface area contributed by atoms with Crippen LogP contribution < -0.4 is 14.8 Å². The maximum Gasteiger partial charge on any atom is 0.317 e. The van der Waals surface area contributed by atoms with Crippen molar-refractivity contribution in [2.24, 2.45) is 0 Å². The van der Waals surface area contributed by atoms with Crippen LogP contribution in [0.2, 0.25) is 0 Å². The van der Waals surface area contributed by atoms with Crippen LogP contribution in [0.5, 0.6) is 11.5 Å². The molecule has 0 saturated carbocycles. The van der Waals surface area contributed by atoms with E-state index in [0.717, 1.165) is 29.8 Å². The molecule has 2 aromatic carbocycles. The maximum atomic E-state index is 12.7. The number of hydrogen-bond acceptors (Lipinski definition) is 4. The Morgan fingerprint density at radius 2 is 1.77 bits per heavy atom. The van der Waals surface area contributed by atoms with Crippen LogP contribution >= 0.6 is 0 Å². The number of ether oxygens (including phenoxy) is 2. The molecular weight excluding hydrogens is 380 g/mol. The van der Waals surface area contributed by atoms with Gasteiger partial charge >= 0.3 is 6.03 Å². The third-order valence-electron chi connectivity index (χ3n) is 5.40. The minimum atomic E-state index is -0.0575. The van der Waals surface area contributed by atoms with Crippen molar-refractivity contribution in [2.75, 3.05) is 20.8 Å². The molecule has 0 radical (unpaired) electrons. The van der Waals surface area contributed by atoms with Gasteiger partial charge in [0.25, 0.3) is 0 Å². The summed E-state index contributed by atoms with van der Waals surface area (Å²) < 4.78 is 12.8. The fraction of sp³-hybridized carbons (Fsp3) is 0.304. The molecule has 1 aliphatic rings. The summed E-state index contributed by atoms with van der Waals surface area (Å²) in [6, 6.07) is 12.2. The first kappa shape index (κ1) is 19.8. The summed E-state index contributed by atoms with van der Waals surface area (Å²) in [5, 5.41) is 3.03. The molecule has 156 valence electrons. The molecule has 0 bridgehead atoms. The molecule has 0 unspecified atom stereocenters. The normalized spacial score (nSPS) is 12.9. The maximum absolute atomic E-state index is 12.7. The first-order valence-corrected chi connectivity index (χ1v) is 9.96. The van der Waals surface area contributed by atoms with Crippen molar-refractivity contribution in [3.8, 4) is 11.5 Å². The number of nitrogens with zero attached hydrogens (tertiary/aromatic N) is 3. The summed E-state index contributed by atoms with van der Waals surface area (Å²) in [4.78, 5) is 18.6. The second kappa shape index (κ2) is 8.90. The van der Waals surface area contributed by atoms with E-state index in [0.29, 0.717) is 25.4 Å². The minimum Gasteiger partial charge on any atom is -0.493 e. The van der Waals surface area contributed by atoms with Gasteiger partial charge in [-0.15, -0.1) is 0 Å². The van der Waals surface area contributed by atoms with Gasteiger partial charge in [-0.1, -0.05) is 24.3 Å². The van der Waals surface area contributed by atoms with Gasteiger partial charge in [-0.3, -0.25) is 0 Å². The topological polar surface area (TPSA) is 68.6 Å². The van der Waals surface area contributed by atoms with Crippen LogP contribution in [0, 0.1) is 0 Å². The van der Waals surface area contributed by atoms with Crippen molar-refractivity contribution in [3.63, 3.8) is 0 Å². The Kier molecular flexibility index (Phi) is 5.88. The lowest BCUT2D eigenvalue weighted by Crippen LogP contribution is -2.42. The Hall–Kier alpha value is -3.48. The number of methoxy groups -OCH3 is 2. The molecule has 1 N–H and O–H groups in total. The minimum absolute atomic E-state index is 0.0575. The van der Waals surface area contributed by atoms with Crippen LogP contribution in [0.15, 0.2) is 55.1 Å². The molecule has 1 aromatic heterocycles. The summed E-state index contributed by atoms with van der Waals surface area (Å²) in [6.07, 6.45) is 6.31. The van der Waals surface area contributed by atoms with E-state index in [1.807, 2.05) is 27.8 Å². The number of imidazole rings is 1. The predicted molar refractivity (Wildman–Crippen MR) is 114 cm³/mol. The fourth-order valence-electron chi connectivity index (χ4n) is 3.70. The van der Waals surface area contributed by atoms with Crippen LogP contribution in [0.25, 0.3) is 0 Å². The number of fused-ring (bicyclic) bond motifs is 1. The van der Waals surface area contributed by atoms with Crippen molar-refractivity contribution in [1.82, 2.24) is 19.8 Å². The quantitative estimate of drug-likeness (QED) is 0.683. The van der Waals surface area contributed by atoms with Gasteiger partial charge in [0.05, 0.1) is 20.5 Å². The monoisotopic (exact) mass is 406 g/mol. The highest BCUT2D eigenvalue weighted by molar-refractivity contribution is 5.74. The average Bonchev–Trinajstić information content (AvgIpc) is 3.30. The molecule has 4 rings (SSSR count). The zero-order valence-electron chi connectivity index (χ0n) is 17.3. The van der Waals surface area contributed by atoms with Gasteiger partial charge in [0, 0.05) is 38.6 Å². The molecule has 0 saturated heterocycles. The standard InChI is InChI=1S/C23H26N4O3/c1-29-21-11-19-7-9-27(15-20(19)12-22(21)30-2)23(28)25-13-17-3-5-18(6-4-17)14-26-10-8-24-16-26/h3-6,8,10-12,16H,7,9,13-15H2,1-2H3,(H,25,28). The molecule has 0 atom stereocenters. The zero-order valence-corrected chi connectivity index (χ0v) is 17.3. The summed E-state index contributed by atoms with van der Waals surface area (Å²) in [6.45, 7) is 2.52. The molecule has 30 heavy (non-hydrogen) atoms. The molecule has 2 amide bonds. The molecule has 0 fully saturated rings. The van der Waals surface area contributed by atoms with Crippen molar-refractivity contribution >= 4 is 6.03 Å².